The minimum atomic E-state index is 0.0430. The molecule has 0 amide bonds. The fourth-order valence-electron chi connectivity index (χ4n) is 2.24. The minimum absolute atomic E-state index is 0.0430. The van der Waals surface area contributed by atoms with E-state index in [-0.39, 0.29) is 6.61 Å². The van der Waals surface area contributed by atoms with Crippen LogP contribution in [0.4, 0.5) is 0 Å². The normalized spacial score (nSPS) is 11.6. The molecule has 0 atom stereocenters. The van der Waals surface area contributed by atoms with Gasteiger partial charge in [-0.25, -0.2) is 4.99 Å². The summed E-state index contributed by atoms with van der Waals surface area (Å²) in [7, 11) is 2.03. The predicted molar refractivity (Wildman–Crippen MR) is 101 cm³/mol. The maximum atomic E-state index is 9.42. The second kappa shape index (κ2) is 9.05. The number of benzene rings is 1. The summed E-state index contributed by atoms with van der Waals surface area (Å²) in [6.07, 6.45) is 0. The van der Waals surface area contributed by atoms with Crippen LogP contribution < -0.4 is 5.32 Å². The van der Waals surface area contributed by atoms with Crippen LogP contribution in [0.5, 0.6) is 0 Å². The van der Waals surface area contributed by atoms with E-state index in [1.54, 1.807) is 11.3 Å². The van der Waals surface area contributed by atoms with E-state index in [4.69, 9.17) is 4.99 Å². The molecule has 0 unspecified atom stereocenters. The number of aliphatic imine (C=N–C) groups is 1. The zero-order valence-electron chi connectivity index (χ0n) is 13.4. The van der Waals surface area contributed by atoms with Crippen LogP contribution in [0, 0.1) is 0 Å². The molecule has 0 bridgehead atoms. The fourth-order valence-corrected chi connectivity index (χ4v) is 3.78. The molecule has 6 heteroatoms. The van der Waals surface area contributed by atoms with Crippen molar-refractivity contribution in [2.24, 2.45) is 4.99 Å². The lowest BCUT2D eigenvalue weighted by Crippen LogP contribution is -2.38. The standard InChI is InChI=1S/C17H22BrN3OS/c1-3-19-17(21(2)11-15-8-9-16(18)23-15)20-10-13-6-4-5-7-14(13)12-22/h4-9,22H,3,10-12H2,1-2H3,(H,19,20). The van der Waals surface area contributed by atoms with Crippen LogP contribution in [-0.4, -0.2) is 29.6 Å². The molecule has 124 valence electrons. The number of hydrogen-bond acceptors (Lipinski definition) is 3. The van der Waals surface area contributed by atoms with Gasteiger partial charge in [0.25, 0.3) is 0 Å². The average molecular weight is 396 g/mol. The van der Waals surface area contributed by atoms with Crippen molar-refractivity contribution in [3.63, 3.8) is 0 Å². The monoisotopic (exact) mass is 395 g/mol. The molecule has 2 N–H and O–H groups in total. The SMILES string of the molecule is CCNC(=NCc1ccccc1CO)N(C)Cc1ccc(Br)s1. The Morgan fingerprint density at radius 1 is 1.26 bits per heavy atom. The molecule has 23 heavy (non-hydrogen) atoms. The van der Waals surface area contributed by atoms with Gasteiger partial charge in [0.1, 0.15) is 0 Å². The zero-order valence-corrected chi connectivity index (χ0v) is 15.8. The molecule has 1 aromatic carbocycles. The van der Waals surface area contributed by atoms with Crippen molar-refractivity contribution < 1.29 is 5.11 Å². The van der Waals surface area contributed by atoms with Gasteiger partial charge in [0.2, 0.25) is 0 Å². The number of nitrogens with zero attached hydrogens (tertiary/aromatic N) is 2. The van der Waals surface area contributed by atoms with Gasteiger partial charge in [0.05, 0.1) is 23.5 Å². The Bertz CT molecular complexity index is 657. The largest absolute Gasteiger partial charge is 0.392 e. The molecule has 0 radical (unpaired) electrons. The molecular formula is C17H22BrN3OS. The van der Waals surface area contributed by atoms with Gasteiger partial charge in [0, 0.05) is 18.5 Å². The van der Waals surface area contributed by atoms with E-state index in [0.29, 0.717) is 6.54 Å². The topological polar surface area (TPSA) is 47.9 Å². The summed E-state index contributed by atoms with van der Waals surface area (Å²) in [5, 5.41) is 12.7. The maximum Gasteiger partial charge on any atom is 0.194 e. The Kier molecular flexibility index (Phi) is 7.08. The van der Waals surface area contributed by atoms with Crippen molar-refractivity contribution in [1.29, 1.82) is 0 Å². The van der Waals surface area contributed by atoms with Gasteiger partial charge in [-0.05, 0) is 46.1 Å². The summed E-state index contributed by atoms with van der Waals surface area (Å²) < 4.78 is 1.14. The summed E-state index contributed by atoms with van der Waals surface area (Å²) in [5.74, 6) is 0.866. The maximum absolute atomic E-state index is 9.42. The molecular weight excluding hydrogens is 374 g/mol. The third-order valence-corrected chi connectivity index (χ3v) is 5.01. The molecule has 2 aromatic rings. The van der Waals surface area contributed by atoms with Gasteiger partial charge in [-0.15, -0.1) is 11.3 Å². The quantitative estimate of drug-likeness (QED) is 0.580. The van der Waals surface area contributed by atoms with Crippen LogP contribution in [-0.2, 0) is 19.7 Å². The van der Waals surface area contributed by atoms with E-state index >= 15 is 0 Å². The highest BCUT2D eigenvalue weighted by Gasteiger charge is 2.08. The van der Waals surface area contributed by atoms with E-state index in [9.17, 15) is 5.11 Å². The third-order valence-electron chi connectivity index (χ3n) is 3.41. The summed E-state index contributed by atoms with van der Waals surface area (Å²) in [6.45, 7) is 4.29. The highest BCUT2D eigenvalue weighted by molar-refractivity contribution is 9.11. The van der Waals surface area contributed by atoms with Crippen molar-refractivity contribution in [3.8, 4) is 0 Å². The fraction of sp³-hybridized carbons (Fsp3) is 0.353. The van der Waals surface area contributed by atoms with Crippen molar-refractivity contribution in [2.75, 3.05) is 13.6 Å². The first-order valence-electron chi connectivity index (χ1n) is 7.55. The number of nitrogens with one attached hydrogen (secondary N) is 1. The number of aliphatic hydroxyl groups is 1. The smallest absolute Gasteiger partial charge is 0.194 e. The molecule has 0 saturated carbocycles. The summed E-state index contributed by atoms with van der Waals surface area (Å²) >= 11 is 5.23. The lowest BCUT2D eigenvalue weighted by Gasteiger charge is -2.21. The van der Waals surface area contributed by atoms with Gasteiger partial charge in [-0.2, -0.15) is 0 Å². The number of aliphatic hydroxyl groups excluding tert-OH is 1. The Balaban J connectivity index is 2.09. The Morgan fingerprint density at radius 3 is 2.61 bits per heavy atom. The van der Waals surface area contributed by atoms with E-state index < -0.39 is 0 Å². The van der Waals surface area contributed by atoms with E-state index in [1.807, 2.05) is 31.3 Å². The van der Waals surface area contributed by atoms with E-state index in [1.165, 1.54) is 4.88 Å². The first kappa shape index (κ1) is 18.0. The van der Waals surface area contributed by atoms with Crippen molar-refractivity contribution in [1.82, 2.24) is 10.2 Å². The van der Waals surface area contributed by atoms with Crippen LogP contribution in [0.2, 0.25) is 0 Å². The van der Waals surface area contributed by atoms with Gasteiger partial charge in [0.15, 0.2) is 5.96 Å². The van der Waals surface area contributed by atoms with Crippen molar-refractivity contribution in [2.45, 2.75) is 26.6 Å². The predicted octanol–water partition coefficient (Wildman–Crippen LogP) is 3.60. The van der Waals surface area contributed by atoms with Crippen LogP contribution in [0.1, 0.15) is 22.9 Å². The summed E-state index contributed by atoms with van der Waals surface area (Å²) in [5.41, 5.74) is 1.98. The number of rotatable bonds is 6. The minimum Gasteiger partial charge on any atom is -0.392 e. The lowest BCUT2D eigenvalue weighted by atomic mass is 10.1. The van der Waals surface area contributed by atoms with Crippen LogP contribution >= 0.6 is 27.3 Å². The zero-order chi connectivity index (χ0) is 16.7. The van der Waals surface area contributed by atoms with Crippen LogP contribution in [0.3, 0.4) is 0 Å². The number of guanidine groups is 1. The molecule has 0 aliphatic carbocycles. The molecule has 1 heterocycles. The average Bonchev–Trinajstić information content (AvgIpc) is 2.96. The molecule has 0 aliphatic heterocycles. The summed E-state index contributed by atoms with van der Waals surface area (Å²) in [6, 6.07) is 12.0. The second-order valence-corrected chi connectivity index (χ2v) is 7.71. The Labute approximate surface area is 150 Å². The summed E-state index contributed by atoms with van der Waals surface area (Å²) in [4.78, 5) is 8.10. The third kappa shape index (κ3) is 5.34. The van der Waals surface area contributed by atoms with Crippen LogP contribution in [0.25, 0.3) is 0 Å². The van der Waals surface area contributed by atoms with Gasteiger partial charge < -0.3 is 15.3 Å². The Hall–Kier alpha value is -1.37. The molecule has 2 rings (SSSR count). The molecule has 4 nitrogen and oxygen atoms in total. The first-order chi connectivity index (χ1) is 11.1. The number of hydrogen-bond donors (Lipinski definition) is 2. The first-order valence-corrected chi connectivity index (χ1v) is 9.16. The van der Waals surface area contributed by atoms with Crippen molar-refractivity contribution in [3.05, 3.63) is 56.2 Å². The number of halogens is 1. The van der Waals surface area contributed by atoms with Crippen LogP contribution in [0.15, 0.2) is 45.2 Å². The van der Waals surface area contributed by atoms with Gasteiger partial charge in [-0.3, -0.25) is 0 Å². The van der Waals surface area contributed by atoms with Crippen molar-refractivity contribution >= 4 is 33.2 Å². The molecule has 0 fully saturated rings. The highest BCUT2D eigenvalue weighted by Crippen LogP contribution is 2.23. The van der Waals surface area contributed by atoms with E-state index in [2.05, 4.69) is 45.2 Å². The molecule has 0 aliphatic rings. The molecule has 0 spiro atoms. The van der Waals surface area contributed by atoms with Gasteiger partial charge >= 0.3 is 0 Å². The lowest BCUT2D eigenvalue weighted by molar-refractivity contribution is 0.280. The van der Waals surface area contributed by atoms with Gasteiger partial charge in [-0.1, -0.05) is 24.3 Å². The molecule has 0 saturated heterocycles. The van der Waals surface area contributed by atoms with E-state index in [0.717, 1.165) is 34.0 Å². The Morgan fingerprint density at radius 2 is 2.00 bits per heavy atom. The number of thiophene rings is 1. The highest BCUT2D eigenvalue weighted by atomic mass is 79.9. The second-order valence-electron chi connectivity index (χ2n) is 5.16. The molecule has 1 aromatic heterocycles.